The van der Waals surface area contributed by atoms with Gasteiger partial charge in [0.05, 0.1) is 17.6 Å². The number of amides is 1. The zero-order valence-corrected chi connectivity index (χ0v) is 16.5. The Bertz CT molecular complexity index is 863. The summed E-state index contributed by atoms with van der Waals surface area (Å²) in [5, 5.41) is 0. The molecule has 2 aliphatic rings. The number of nitrogens with zero attached hydrogens (tertiary/aromatic N) is 5. The lowest BCUT2D eigenvalue weighted by atomic mass is 9.75. The molecule has 0 unspecified atom stereocenters. The van der Waals surface area contributed by atoms with E-state index in [9.17, 15) is 9.59 Å². The van der Waals surface area contributed by atoms with Crippen LogP contribution in [0.1, 0.15) is 30.1 Å². The van der Waals surface area contributed by atoms with Crippen LogP contribution in [0.15, 0.2) is 43.0 Å². The fourth-order valence-electron chi connectivity index (χ4n) is 4.50. The minimum atomic E-state index is -0.654. The van der Waals surface area contributed by atoms with Crippen molar-refractivity contribution in [3.63, 3.8) is 0 Å². The molecule has 2 aromatic rings. The summed E-state index contributed by atoms with van der Waals surface area (Å²) >= 11 is 0. The summed E-state index contributed by atoms with van der Waals surface area (Å²) in [6.07, 6.45) is 8.06. The van der Waals surface area contributed by atoms with E-state index >= 15 is 0 Å². The molecular weight excluding hydrogens is 370 g/mol. The molecule has 8 nitrogen and oxygen atoms in total. The van der Waals surface area contributed by atoms with Crippen LogP contribution >= 0.6 is 0 Å². The molecule has 2 fully saturated rings. The van der Waals surface area contributed by atoms with Crippen molar-refractivity contribution in [3.05, 3.63) is 48.5 Å². The maximum absolute atomic E-state index is 13.1. The number of hydrogen-bond acceptors (Lipinski definition) is 7. The molecule has 0 aromatic carbocycles. The monoisotopic (exact) mass is 395 g/mol. The first-order chi connectivity index (χ1) is 14.1. The average Bonchev–Trinajstić information content (AvgIpc) is 3.03. The van der Waals surface area contributed by atoms with Crippen LogP contribution in [0.5, 0.6) is 0 Å². The van der Waals surface area contributed by atoms with Gasteiger partial charge in [-0.1, -0.05) is 0 Å². The number of hydrogen-bond donors (Lipinski definition) is 0. The zero-order valence-electron chi connectivity index (χ0n) is 16.5. The second kappa shape index (κ2) is 8.14. The number of fused-ring (bicyclic) bond motifs is 1. The van der Waals surface area contributed by atoms with Gasteiger partial charge in [0.25, 0.3) is 5.91 Å². The summed E-state index contributed by atoms with van der Waals surface area (Å²) in [6.45, 7) is 4.40. The molecule has 29 heavy (non-hydrogen) atoms. The summed E-state index contributed by atoms with van der Waals surface area (Å²) in [7, 11) is 0. The van der Waals surface area contributed by atoms with Gasteiger partial charge in [-0.05, 0) is 38.0 Å². The number of anilines is 1. The predicted octanol–water partition coefficient (Wildman–Crippen LogP) is 1.79. The van der Waals surface area contributed by atoms with Crippen molar-refractivity contribution in [1.29, 1.82) is 0 Å². The van der Waals surface area contributed by atoms with Crippen LogP contribution in [0.4, 0.5) is 5.95 Å². The summed E-state index contributed by atoms with van der Waals surface area (Å²) in [5.41, 5.74) is -0.0866. The SMILES string of the molecule is CCOC(=O)[C@]12CCCN(C(=O)c3cccnc3)C[C@H]1CN(c1ncccn1)C2. The van der Waals surface area contributed by atoms with Gasteiger partial charge >= 0.3 is 5.97 Å². The van der Waals surface area contributed by atoms with Crippen LogP contribution in [-0.2, 0) is 9.53 Å². The van der Waals surface area contributed by atoms with Gasteiger partial charge in [0, 0.05) is 56.9 Å². The van der Waals surface area contributed by atoms with Crippen molar-refractivity contribution in [2.75, 3.05) is 37.7 Å². The van der Waals surface area contributed by atoms with E-state index < -0.39 is 5.41 Å². The molecule has 4 rings (SSSR count). The van der Waals surface area contributed by atoms with Crippen LogP contribution in [0, 0.1) is 11.3 Å². The Hall–Kier alpha value is -3.03. The summed E-state index contributed by atoms with van der Waals surface area (Å²) in [6, 6.07) is 5.31. The molecule has 1 amide bonds. The quantitative estimate of drug-likeness (QED) is 0.729. The van der Waals surface area contributed by atoms with Gasteiger partial charge in [-0.25, -0.2) is 9.97 Å². The number of likely N-dealkylation sites (tertiary alicyclic amines) is 1. The molecule has 0 bridgehead atoms. The van der Waals surface area contributed by atoms with Crippen molar-refractivity contribution in [2.45, 2.75) is 19.8 Å². The number of ether oxygens (including phenoxy) is 1. The third-order valence-corrected chi connectivity index (χ3v) is 5.90. The van der Waals surface area contributed by atoms with Crippen LogP contribution in [0.25, 0.3) is 0 Å². The van der Waals surface area contributed by atoms with Crippen molar-refractivity contribution < 1.29 is 14.3 Å². The summed E-state index contributed by atoms with van der Waals surface area (Å²) in [5.74, 6) is 0.328. The van der Waals surface area contributed by atoms with Crippen molar-refractivity contribution >= 4 is 17.8 Å². The first-order valence-electron chi connectivity index (χ1n) is 10.0. The average molecular weight is 395 g/mol. The summed E-state index contributed by atoms with van der Waals surface area (Å²) < 4.78 is 5.49. The fraction of sp³-hybridized carbons (Fsp3) is 0.476. The predicted molar refractivity (Wildman–Crippen MR) is 106 cm³/mol. The lowest BCUT2D eigenvalue weighted by Gasteiger charge is -2.31. The van der Waals surface area contributed by atoms with E-state index in [-0.39, 0.29) is 17.8 Å². The molecule has 8 heteroatoms. The zero-order chi connectivity index (χ0) is 20.3. The van der Waals surface area contributed by atoms with Gasteiger partial charge < -0.3 is 14.5 Å². The lowest BCUT2D eigenvalue weighted by Crippen LogP contribution is -2.43. The molecule has 2 saturated heterocycles. The van der Waals surface area contributed by atoms with E-state index in [4.69, 9.17) is 4.74 Å². The van der Waals surface area contributed by atoms with Gasteiger partial charge in [0.2, 0.25) is 5.95 Å². The first-order valence-corrected chi connectivity index (χ1v) is 10.0. The number of rotatable bonds is 4. The second-order valence-electron chi connectivity index (χ2n) is 7.60. The summed E-state index contributed by atoms with van der Waals surface area (Å²) in [4.78, 5) is 42.8. The van der Waals surface area contributed by atoms with E-state index in [0.29, 0.717) is 50.7 Å². The Labute approximate surface area is 169 Å². The van der Waals surface area contributed by atoms with Crippen LogP contribution in [-0.4, -0.2) is 64.5 Å². The lowest BCUT2D eigenvalue weighted by molar-refractivity contribution is -0.157. The Morgan fingerprint density at radius 1 is 1.21 bits per heavy atom. The Morgan fingerprint density at radius 3 is 2.76 bits per heavy atom. The number of aromatic nitrogens is 3. The van der Waals surface area contributed by atoms with Gasteiger partial charge in [-0.3, -0.25) is 14.6 Å². The van der Waals surface area contributed by atoms with Crippen molar-refractivity contribution in [2.24, 2.45) is 11.3 Å². The van der Waals surface area contributed by atoms with Crippen molar-refractivity contribution in [3.8, 4) is 0 Å². The highest BCUT2D eigenvalue weighted by atomic mass is 16.5. The van der Waals surface area contributed by atoms with E-state index in [1.807, 2.05) is 16.7 Å². The Kier molecular flexibility index (Phi) is 5.42. The molecule has 0 saturated carbocycles. The highest BCUT2D eigenvalue weighted by Crippen LogP contribution is 2.44. The molecule has 0 N–H and O–H groups in total. The molecule has 2 atom stereocenters. The third kappa shape index (κ3) is 3.66. The number of carbonyl (C=O) groups is 2. The number of carbonyl (C=O) groups excluding carboxylic acids is 2. The van der Waals surface area contributed by atoms with Crippen molar-refractivity contribution in [1.82, 2.24) is 19.9 Å². The molecular formula is C21H25N5O3. The van der Waals surface area contributed by atoms with Gasteiger partial charge in [-0.15, -0.1) is 0 Å². The molecule has 2 aliphatic heterocycles. The standard InChI is InChI=1S/C21H25N5O3/c1-2-29-19(28)21-7-4-11-25(18(27)16-6-3-8-22-12-16)13-17(21)14-26(15-21)20-23-9-5-10-24-20/h3,5-6,8-10,12,17H,2,4,7,11,13-15H2,1H3/t17-,21-/m0/s1. The molecule has 0 radical (unpaired) electrons. The highest BCUT2D eigenvalue weighted by molar-refractivity contribution is 5.94. The van der Waals surface area contributed by atoms with E-state index in [0.717, 1.165) is 6.42 Å². The van der Waals surface area contributed by atoms with E-state index in [1.54, 1.807) is 43.0 Å². The molecule has 152 valence electrons. The van der Waals surface area contributed by atoms with E-state index in [1.165, 1.54) is 0 Å². The smallest absolute Gasteiger partial charge is 0.314 e. The molecule has 0 aliphatic carbocycles. The molecule has 0 spiro atoms. The topological polar surface area (TPSA) is 88.5 Å². The van der Waals surface area contributed by atoms with Crippen LogP contribution in [0.3, 0.4) is 0 Å². The van der Waals surface area contributed by atoms with Gasteiger partial charge in [-0.2, -0.15) is 0 Å². The number of esters is 1. The van der Waals surface area contributed by atoms with Crippen LogP contribution < -0.4 is 4.90 Å². The second-order valence-corrected chi connectivity index (χ2v) is 7.60. The molecule has 2 aromatic heterocycles. The highest BCUT2D eigenvalue weighted by Gasteiger charge is 2.55. The maximum atomic E-state index is 13.1. The first kappa shape index (κ1) is 19.3. The normalized spacial score (nSPS) is 24.0. The van der Waals surface area contributed by atoms with Crippen LogP contribution in [0.2, 0.25) is 0 Å². The van der Waals surface area contributed by atoms with E-state index in [2.05, 4.69) is 15.0 Å². The Balaban J connectivity index is 1.62. The van der Waals surface area contributed by atoms with Gasteiger partial charge in [0.1, 0.15) is 0 Å². The Morgan fingerprint density at radius 2 is 2.03 bits per heavy atom. The minimum Gasteiger partial charge on any atom is -0.466 e. The molecule has 4 heterocycles. The number of pyridine rings is 1. The minimum absolute atomic E-state index is 0.0477. The van der Waals surface area contributed by atoms with Gasteiger partial charge in [0.15, 0.2) is 0 Å². The third-order valence-electron chi connectivity index (χ3n) is 5.90. The maximum Gasteiger partial charge on any atom is 0.314 e. The largest absolute Gasteiger partial charge is 0.466 e. The fourth-order valence-corrected chi connectivity index (χ4v) is 4.50.